The van der Waals surface area contributed by atoms with Gasteiger partial charge in [-0.05, 0) is 12.1 Å². The summed E-state index contributed by atoms with van der Waals surface area (Å²) in [4.78, 5) is 12.4. The van der Waals surface area contributed by atoms with Gasteiger partial charge in [-0.25, -0.2) is 9.97 Å². The second-order valence-corrected chi connectivity index (χ2v) is 3.11. The standard InChI is InChI=1S/C11H7N3O2/c1-2-8(11-13-4-5-16-11)10(12-3-1)9-6-15-7-14-9/h1-7H. The second-order valence-electron chi connectivity index (χ2n) is 3.11. The topological polar surface area (TPSA) is 65.0 Å². The van der Waals surface area contributed by atoms with Crippen LogP contribution in [0.4, 0.5) is 0 Å². The smallest absolute Gasteiger partial charge is 0.228 e. The van der Waals surface area contributed by atoms with Crippen molar-refractivity contribution in [3.63, 3.8) is 0 Å². The van der Waals surface area contributed by atoms with Gasteiger partial charge in [-0.2, -0.15) is 0 Å². The quantitative estimate of drug-likeness (QED) is 0.653. The molecule has 0 unspecified atom stereocenters. The largest absolute Gasteiger partial charge is 0.451 e. The Hall–Kier alpha value is -2.43. The molecule has 0 aliphatic rings. The molecule has 0 aliphatic heterocycles. The van der Waals surface area contributed by atoms with Crippen LogP contribution in [-0.4, -0.2) is 15.0 Å². The van der Waals surface area contributed by atoms with Crippen molar-refractivity contribution in [1.29, 1.82) is 0 Å². The third kappa shape index (κ3) is 1.38. The van der Waals surface area contributed by atoms with Gasteiger partial charge in [0.2, 0.25) is 5.89 Å². The number of pyridine rings is 1. The Kier molecular flexibility index (Phi) is 2.00. The van der Waals surface area contributed by atoms with Crippen LogP contribution in [0.15, 0.2) is 52.3 Å². The van der Waals surface area contributed by atoms with Gasteiger partial charge in [-0.1, -0.05) is 0 Å². The van der Waals surface area contributed by atoms with E-state index in [1.807, 2.05) is 12.1 Å². The Morgan fingerprint density at radius 2 is 2.06 bits per heavy atom. The molecule has 3 aromatic heterocycles. The van der Waals surface area contributed by atoms with E-state index < -0.39 is 0 Å². The average molecular weight is 213 g/mol. The van der Waals surface area contributed by atoms with E-state index in [4.69, 9.17) is 8.83 Å². The van der Waals surface area contributed by atoms with E-state index in [9.17, 15) is 0 Å². The lowest BCUT2D eigenvalue weighted by Crippen LogP contribution is -1.88. The summed E-state index contributed by atoms with van der Waals surface area (Å²) < 4.78 is 10.2. The summed E-state index contributed by atoms with van der Waals surface area (Å²) in [5.74, 6) is 0.520. The molecule has 0 fully saturated rings. The van der Waals surface area contributed by atoms with Gasteiger partial charge in [0.05, 0.1) is 11.8 Å². The molecule has 0 spiro atoms. The summed E-state index contributed by atoms with van der Waals surface area (Å²) in [6.07, 6.45) is 7.71. The fourth-order valence-electron chi connectivity index (χ4n) is 1.47. The van der Waals surface area contributed by atoms with Crippen molar-refractivity contribution in [2.75, 3.05) is 0 Å². The molecule has 0 atom stereocenters. The minimum absolute atomic E-state index is 0.520. The first-order valence-electron chi connectivity index (χ1n) is 4.68. The molecular formula is C11H7N3O2. The summed E-state index contributed by atoms with van der Waals surface area (Å²) in [6.45, 7) is 0. The van der Waals surface area contributed by atoms with E-state index in [2.05, 4.69) is 15.0 Å². The first-order chi connectivity index (χ1) is 7.95. The molecule has 0 aromatic carbocycles. The Bertz CT molecular complexity index is 520. The van der Waals surface area contributed by atoms with Crippen LogP contribution >= 0.6 is 0 Å². The molecule has 5 heteroatoms. The van der Waals surface area contributed by atoms with E-state index in [1.165, 1.54) is 18.9 Å². The first kappa shape index (κ1) is 8.84. The van der Waals surface area contributed by atoms with E-state index in [1.54, 1.807) is 12.4 Å². The number of aromatic nitrogens is 3. The minimum atomic E-state index is 0.520. The molecule has 3 rings (SSSR count). The number of hydrogen-bond acceptors (Lipinski definition) is 5. The van der Waals surface area contributed by atoms with Crippen LogP contribution in [0.3, 0.4) is 0 Å². The molecule has 5 nitrogen and oxygen atoms in total. The predicted molar refractivity (Wildman–Crippen MR) is 55.2 cm³/mol. The molecule has 16 heavy (non-hydrogen) atoms. The van der Waals surface area contributed by atoms with Gasteiger partial charge in [-0.3, -0.25) is 4.98 Å². The maximum absolute atomic E-state index is 5.25. The molecule has 0 N–H and O–H groups in total. The summed E-state index contributed by atoms with van der Waals surface area (Å²) in [5.41, 5.74) is 2.15. The zero-order valence-corrected chi connectivity index (χ0v) is 8.20. The van der Waals surface area contributed by atoms with E-state index in [-0.39, 0.29) is 0 Å². The highest BCUT2D eigenvalue weighted by atomic mass is 16.3. The zero-order chi connectivity index (χ0) is 10.8. The molecule has 0 amide bonds. The molecule has 3 aromatic rings. The summed E-state index contributed by atoms with van der Waals surface area (Å²) >= 11 is 0. The van der Waals surface area contributed by atoms with Crippen LogP contribution < -0.4 is 0 Å². The second kappa shape index (κ2) is 3.62. The number of rotatable bonds is 2. The van der Waals surface area contributed by atoms with Gasteiger partial charge in [0.25, 0.3) is 0 Å². The fourth-order valence-corrected chi connectivity index (χ4v) is 1.47. The van der Waals surface area contributed by atoms with Gasteiger partial charge < -0.3 is 8.83 Å². The highest BCUT2D eigenvalue weighted by molar-refractivity contribution is 5.73. The Morgan fingerprint density at radius 3 is 2.81 bits per heavy atom. The molecule has 0 radical (unpaired) electrons. The Labute approximate surface area is 90.8 Å². The van der Waals surface area contributed by atoms with Gasteiger partial charge in [0.15, 0.2) is 6.39 Å². The molecule has 0 aliphatic carbocycles. The van der Waals surface area contributed by atoms with Crippen LogP contribution in [-0.2, 0) is 0 Å². The maximum atomic E-state index is 5.25. The van der Waals surface area contributed by atoms with E-state index in [0.29, 0.717) is 17.3 Å². The monoisotopic (exact) mass is 213 g/mol. The summed E-state index contributed by atoms with van der Waals surface area (Å²) in [6, 6.07) is 3.70. The average Bonchev–Trinajstić information content (AvgIpc) is 3.03. The van der Waals surface area contributed by atoms with Gasteiger partial charge in [0.1, 0.15) is 23.9 Å². The van der Waals surface area contributed by atoms with E-state index >= 15 is 0 Å². The van der Waals surface area contributed by atoms with Crippen LogP contribution in [0, 0.1) is 0 Å². The number of oxazole rings is 2. The summed E-state index contributed by atoms with van der Waals surface area (Å²) in [7, 11) is 0. The Balaban J connectivity index is 2.19. The van der Waals surface area contributed by atoms with Gasteiger partial charge in [0, 0.05) is 6.20 Å². The van der Waals surface area contributed by atoms with Crippen molar-refractivity contribution < 1.29 is 8.83 Å². The third-order valence-electron chi connectivity index (χ3n) is 2.15. The summed E-state index contributed by atoms with van der Waals surface area (Å²) in [5, 5.41) is 0. The Morgan fingerprint density at radius 1 is 1.06 bits per heavy atom. The third-order valence-corrected chi connectivity index (χ3v) is 2.15. The molecule has 0 saturated carbocycles. The van der Waals surface area contributed by atoms with Gasteiger partial charge >= 0.3 is 0 Å². The molecular weight excluding hydrogens is 206 g/mol. The van der Waals surface area contributed by atoms with Crippen LogP contribution in [0.5, 0.6) is 0 Å². The highest BCUT2D eigenvalue weighted by Crippen LogP contribution is 2.27. The SMILES string of the molecule is c1cnc(-c2cocn2)c(-c2ncco2)c1. The fraction of sp³-hybridized carbons (Fsp3) is 0. The lowest BCUT2D eigenvalue weighted by molar-refractivity contribution is 0.558. The van der Waals surface area contributed by atoms with Crippen molar-refractivity contribution in [1.82, 2.24) is 15.0 Å². The maximum Gasteiger partial charge on any atom is 0.228 e. The van der Waals surface area contributed by atoms with Crippen LogP contribution in [0.2, 0.25) is 0 Å². The normalized spacial score (nSPS) is 10.5. The number of hydrogen-bond donors (Lipinski definition) is 0. The minimum Gasteiger partial charge on any atom is -0.451 e. The molecule has 0 saturated heterocycles. The van der Waals surface area contributed by atoms with Crippen LogP contribution in [0.1, 0.15) is 0 Å². The van der Waals surface area contributed by atoms with Crippen molar-refractivity contribution >= 4 is 0 Å². The van der Waals surface area contributed by atoms with Crippen molar-refractivity contribution in [2.45, 2.75) is 0 Å². The molecule has 0 bridgehead atoms. The van der Waals surface area contributed by atoms with E-state index in [0.717, 1.165) is 5.56 Å². The van der Waals surface area contributed by atoms with Crippen molar-refractivity contribution in [3.05, 3.63) is 43.4 Å². The zero-order valence-electron chi connectivity index (χ0n) is 8.20. The first-order valence-corrected chi connectivity index (χ1v) is 4.68. The van der Waals surface area contributed by atoms with Crippen LogP contribution in [0.25, 0.3) is 22.8 Å². The number of nitrogens with zero attached hydrogens (tertiary/aromatic N) is 3. The lowest BCUT2D eigenvalue weighted by atomic mass is 10.1. The van der Waals surface area contributed by atoms with Crippen molar-refractivity contribution in [3.8, 4) is 22.8 Å². The lowest BCUT2D eigenvalue weighted by Gasteiger charge is -2.00. The van der Waals surface area contributed by atoms with Gasteiger partial charge in [-0.15, -0.1) is 0 Å². The molecule has 3 heterocycles. The predicted octanol–water partition coefficient (Wildman–Crippen LogP) is 2.39. The van der Waals surface area contributed by atoms with Crippen molar-refractivity contribution in [2.24, 2.45) is 0 Å². The highest BCUT2D eigenvalue weighted by Gasteiger charge is 2.13. The molecule has 78 valence electrons.